The molecular formula is C22H28N2O3. The van der Waals surface area contributed by atoms with E-state index in [1.54, 1.807) is 6.92 Å². The van der Waals surface area contributed by atoms with Crippen LogP contribution in [0, 0.1) is 0 Å². The molecule has 2 atom stereocenters. The lowest BCUT2D eigenvalue weighted by molar-refractivity contribution is -0.117. The van der Waals surface area contributed by atoms with Gasteiger partial charge in [0, 0.05) is 25.5 Å². The third kappa shape index (κ3) is 5.22. The van der Waals surface area contributed by atoms with Crippen molar-refractivity contribution in [1.29, 1.82) is 0 Å². The Morgan fingerprint density at radius 2 is 2.04 bits per heavy atom. The first-order chi connectivity index (χ1) is 13.0. The zero-order valence-corrected chi connectivity index (χ0v) is 16.4. The number of aromatic nitrogens is 1. The van der Waals surface area contributed by atoms with Gasteiger partial charge in [-0.15, -0.1) is 0 Å². The van der Waals surface area contributed by atoms with Gasteiger partial charge in [0.25, 0.3) is 0 Å². The number of pyridine rings is 1. The Bertz CT molecular complexity index is 760. The van der Waals surface area contributed by atoms with Crippen molar-refractivity contribution in [1.82, 2.24) is 4.98 Å². The van der Waals surface area contributed by atoms with Crippen LogP contribution in [0.1, 0.15) is 45.1 Å². The van der Waals surface area contributed by atoms with Gasteiger partial charge in [-0.3, -0.25) is 0 Å². The van der Waals surface area contributed by atoms with Gasteiger partial charge in [0.05, 0.1) is 13.2 Å². The van der Waals surface area contributed by atoms with Gasteiger partial charge >= 0.3 is 0 Å². The van der Waals surface area contributed by atoms with Crippen molar-refractivity contribution in [3.05, 3.63) is 48.0 Å². The molecule has 0 radical (unpaired) electrons. The van der Waals surface area contributed by atoms with Crippen LogP contribution in [0.2, 0.25) is 0 Å². The molecule has 2 aromatic rings. The summed E-state index contributed by atoms with van der Waals surface area (Å²) in [5.74, 6) is 2.92. The molecule has 0 spiro atoms. The molecule has 0 amide bonds. The second-order valence-corrected chi connectivity index (χ2v) is 7.12. The largest absolute Gasteiger partial charge is 0.489 e. The minimum Gasteiger partial charge on any atom is -0.489 e. The number of nitrogens with zero attached hydrogens (tertiary/aromatic N) is 2. The molecule has 1 aromatic heterocycles. The molecule has 1 unspecified atom stereocenters. The molecule has 1 aromatic carbocycles. The highest BCUT2D eigenvalue weighted by Gasteiger charge is 2.25. The predicted molar refractivity (Wildman–Crippen MR) is 107 cm³/mol. The maximum Gasteiger partial charge on any atom is 0.215 e. The Labute approximate surface area is 161 Å². The lowest BCUT2D eigenvalue weighted by atomic mass is 9.96. The number of anilines is 1. The van der Waals surface area contributed by atoms with Gasteiger partial charge in [-0.05, 0) is 43.5 Å². The quantitative estimate of drug-likeness (QED) is 0.698. The van der Waals surface area contributed by atoms with E-state index in [4.69, 9.17) is 9.47 Å². The first-order valence-corrected chi connectivity index (χ1v) is 9.66. The summed E-state index contributed by atoms with van der Waals surface area (Å²) in [6.07, 6.45) is 1.68. The number of ketones is 1. The molecule has 3 rings (SSSR count). The maximum atomic E-state index is 11.3. The average molecular weight is 368 g/mol. The number of hydrogen-bond acceptors (Lipinski definition) is 5. The van der Waals surface area contributed by atoms with Crippen LogP contribution in [0.4, 0.5) is 5.82 Å². The van der Waals surface area contributed by atoms with E-state index in [0.29, 0.717) is 18.9 Å². The summed E-state index contributed by atoms with van der Waals surface area (Å²) in [5, 5.41) is 0. The van der Waals surface area contributed by atoms with Gasteiger partial charge in [-0.1, -0.05) is 25.1 Å². The second-order valence-electron chi connectivity index (χ2n) is 7.12. The van der Waals surface area contributed by atoms with E-state index in [1.807, 2.05) is 37.3 Å². The van der Waals surface area contributed by atoms with Crippen LogP contribution in [0.25, 0.3) is 0 Å². The molecule has 27 heavy (non-hydrogen) atoms. The number of Topliss-reactive ketones (excluding diaryl/α,β-unsaturated/α-hetero) is 1. The summed E-state index contributed by atoms with van der Waals surface area (Å²) < 4.78 is 11.6. The molecule has 1 aliphatic rings. The Hall–Kier alpha value is -2.56. The number of carbonyl (C=O) groups excluding carboxylic acids is 1. The van der Waals surface area contributed by atoms with Gasteiger partial charge < -0.3 is 19.2 Å². The molecule has 1 saturated heterocycles. The highest BCUT2D eigenvalue weighted by molar-refractivity contribution is 5.76. The molecular weight excluding hydrogens is 340 g/mol. The number of benzene rings is 1. The van der Waals surface area contributed by atoms with Crippen LogP contribution in [0.5, 0.6) is 11.6 Å². The Morgan fingerprint density at radius 1 is 1.26 bits per heavy atom. The second kappa shape index (κ2) is 8.89. The van der Waals surface area contributed by atoms with Crippen molar-refractivity contribution in [2.24, 2.45) is 0 Å². The average Bonchev–Trinajstić information content (AvgIpc) is 3.11. The minimum absolute atomic E-state index is 0.142. The minimum atomic E-state index is 0.142. The van der Waals surface area contributed by atoms with Crippen LogP contribution >= 0.6 is 0 Å². The molecule has 1 fully saturated rings. The zero-order chi connectivity index (χ0) is 19.2. The molecule has 0 aliphatic carbocycles. The molecule has 2 heterocycles. The first-order valence-electron chi connectivity index (χ1n) is 9.66. The van der Waals surface area contributed by atoms with Crippen molar-refractivity contribution >= 4 is 11.6 Å². The highest BCUT2D eigenvalue weighted by atomic mass is 16.5. The van der Waals surface area contributed by atoms with Crippen molar-refractivity contribution in [2.75, 3.05) is 24.6 Å². The summed E-state index contributed by atoms with van der Waals surface area (Å²) in [6.45, 7) is 8.02. The van der Waals surface area contributed by atoms with E-state index in [2.05, 4.69) is 28.9 Å². The van der Waals surface area contributed by atoms with Crippen molar-refractivity contribution in [3.8, 4) is 11.6 Å². The first kappa shape index (κ1) is 19.2. The lowest BCUT2D eigenvalue weighted by Crippen LogP contribution is -2.25. The fourth-order valence-corrected chi connectivity index (χ4v) is 3.46. The summed E-state index contributed by atoms with van der Waals surface area (Å²) in [5.41, 5.74) is 1.17. The van der Waals surface area contributed by atoms with Crippen LogP contribution in [0.3, 0.4) is 0 Å². The predicted octanol–water partition coefficient (Wildman–Crippen LogP) is 4.22. The Balaban J connectivity index is 1.56. The van der Waals surface area contributed by atoms with E-state index < -0.39 is 0 Å². The normalized spacial score (nSPS) is 17.6. The number of carbonyl (C=O) groups is 1. The summed E-state index contributed by atoms with van der Waals surface area (Å²) in [4.78, 5) is 18.1. The van der Waals surface area contributed by atoms with Crippen LogP contribution in [-0.2, 0) is 4.79 Å². The van der Waals surface area contributed by atoms with Gasteiger partial charge in [-0.25, -0.2) is 0 Å². The fourth-order valence-electron chi connectivity index (χ4n) is 3.46. The monoisotopic (exact) mass is 368 g/mol. The topological polar surface area (TPSA) is 51.7 Å². The van der Waals surface area contributed by atoms with Gasteiger partial charge in [0.2, 0.25) is 5.88 Å². The van der Waals surface area contributed by atoms with Crippen molar-refractivity contribution in [3.63, 3.8) is 0 Å². The third-order valence-electron chi connectivity index (χ3n) is 4.82. The number of hydrogen-bond donors (Lipinski definition) is 0. The Kier molecular flexibility index (Phi) is 6.32. The summed E-state index contributed by atoms with van der Waals surface area (Å²) in [7, 11) is 0. The van der Waals surface area contributed by atoms with Crippen LogP contribution in [0.15, 0.2) is 42.5 Å². The molecule has 1 aliphatic heterocycles. The van der Waals surface area contributed by atoms with Crippen molar-refractivity contribution < 1.29 is 14.3 Å². The SMILES string of the molecule is CCOc1cccc(N2CCC(Oc3ccc([C@H](C)CC(C)=O)cc3)C2)n1. The molecule has 144 valence electrons. The molecule has 0 saturated carbocycles. The van der Waals surface area contributed by atoms with Gasteiger partial charge in [0.15, 0.2) is 0 Å². The number of ether oxygens (including phenoxy) is 2. The maximum absolute atomic E-state index is 11.3. The van der Waals surface area contributed by atoms with Crippen LogP contribution in [-0.4, -0.2) is 36.6 Å². The lowest BCUT2D eigenvalue weighted by Gasteiger charge is -2.19. The summed E-state index contributed by atoms with van der Waals surface area (Å²) in [6, 6.07) is 14.0. The third-order valence-corrected chi connectivity index (χ3v) is 4.82. The zero-order valence-electron chi connectivity index (χ0n) is 16.4. The highest BCUT2D eigenvalue weighted by Crippen LogP contribution is 2.26. The summed E-state index contributed by atoms with van der Waals surface area (Å²) >= 11 is 0. The van der Waals surface area contributed by atoms with E-state index in [-0.39, 0.29) is 17.8 Å². The number of rotatable bonds is 8. The van der Waals surface area contributed by atoms with E-state index in [1.165, 1.54) is 5.56 Å². The van der Waals surface area contributed by atoms with Crippen molar-refractivity contribution in [2.45, 2.75) is 45.6 Å². The smallest absolute Gasteiger partial charge is 0.215 e. The van der Waals surface area contributed by atoms with Gasteiger partial charge in [-0.2, -0.15) is 4.98 Å². The molecule has 0 bridgehead atoms. The molecule has 5 nitrogen and oxygen atoms in total. The molecule has 0 N–H and O–H groups in total. The van der Waals surface area contributed by atoms with Gasteiger partial charge in [0.1, 0.15) is 23.5 Å². The van der Waals surface area contributed by atoms with E-state index in [0.717, 1.165) is 31.1 Å². The standard InChI is InChI=1S/C22H28N2O3/c1-4-26-22-7-5-6-21(23-22)24-13-12-20(15-24)27-19-10-8-18(9-11-19)16(2)14-17(3)25/h5-11,16,20H,4,12-15H2,1-3H3/t16-,20?/m1/s1. The van der Waals surface area contributed by atoms with E-state index >= 15 is 0 Å². The molecule has 5 heteroatoms. The van der Waals surface area contributed by atoms with Crippen LogP contribution < -0.4 is 14.4 Å². The fraction of sp³-hybridized carbons (Fsp3) is 0.455. The van der Waals surface area contributed by atoms with E-state index in [9.17, 15) is 4.79 Å². The Morgan fingerprint density at radius 3 is 2.74 bits per heavy atom.